The fourth-order valence-electron chi connectivity index (χ4n) is 2.86. The number of benzene rings is 1. The van der Waals surface area contributed by atoms with Crippen molar-refractivity contribution in [3.8, 4) is 11.5 Å². The molecule has 1 aromatic carbocycles. The highest BCUT2D eigenvalue weighted by molar-refractivity contribution is 7.71. The molecule has 10 heteroatoms. The van der Waals surface area contributed by atoms with Crippen LogP contribution >= 0.6 is 12.2 Å². The maximum Gasteiger partial charge on any atom is 0.387 e. The van der Waals surface area contributed by atoms with Crippen LogP contribution < -0.4 is 9.47 Å². The molecule has 0 atom stereocenters. The van der Waals surface area contributed by atoms with Crippen molar-refractivity contribution in [3.05, 3.63) is 58.0 Å². The monoisotopic (exact) mass is 436 g/mol. The van der Waals surface area contributed by atoms with E-state index in [1.54, 1.807) is 22.9 Å². The van der Waals surface area contributed by atoms with Gasteiger partial charge in [-0.3, -0.25) is 10.00 Å². The Labute approximate surface area is 177 Å². The Morgan fingerprint density at radius 2 is 2.07 bits per heavy atom. The molecule has 0 radical (unpaired) electrons. The molecule has 0 fully saturated rings. The predicted octanol–water partition coefficient (Wildman–Crippen LogP) is 4.71. The first-order valence-corrected chi connectivity index (χ1v) is 9.46. The summed E-state index contributed by atoms with van der Waals surface area (Å²) >= 11 is 5.32. The van der Waals surface area contributed by atoms with E-state index in [1.807, 2.05) is 37.1 Å². The van der Waals surface area contributed by atoms with Crippen molar-refractivity contribution in [2.75, 3.05) is 14.2 Å². The summed E-state index contributed by atoms with van der Waals surface area (Å²) in [5.41, 5.74) is 0.871. The topological polar surface area (TPSA) is 68.5 Å². The lowest BCUT2D eigenvalue weighted by atomic mass is 10.2. The van der Waals surface area contributed by atoms with E-state index in [9.17, 15) is 8.78 Å². The molecule has 0 spiro atoms. The van der Waals surface area contributed by atoms with E-state index in [2.05, 4.69) is 14.8 Å². The normalized spacial score (nSPS) is 11.7. The molecule has 0 bridgehead atoms. The number of hydrogen-bond acceptors (Lipinski definition) is 6. The number of ether oxygens (including phenoxy) is 2. The summed E-state index contributed by atoms with van der Waals surface area (Å²) in [6.07, 6.45) is 3.60. The highest BCUT2D eigenvalue weighted by Gasteiger charge is 2.12. The predicted molar refractivity (Wildman–Crippen MR) is 111 cm³/mol. The summed E-state index contributed by atoms with van der Waals surface area (Å²) in [5.74, 6) is 2.42. The molecule has 0 saturated heterocycles. The summed E-state index contributed by atoms with van der Waals surface area (Å²) in [4.78, 5) is 6.30. The number of H-pyrrole nitrogens is 1. The van der Waals surface area contributed by atoms with Crippen molar-refractivity contribution in [1.29, 1.82) is 0 Å². The van der Waals surface area contributed by atoms with Crippen molar-refractivity contribution in [2.24, 2.45) is 0 Å². The van der Waals surface area contributed by atoms with Gasteiger partial charge in [-0.25, -0.2) is 4.68 Å². The Morgan fingerprint density at radius 1 is 1.27 bits per heavy atom. The zero-order valence-corrected chi connectivity index (χ0v) is 17.6. The van der Waals surface area contributed by atoms with Gasteiger partial charge in [-0.2, -0.15) is 13.8 Å². The molecule has 3 rings (SSSR count). The Kier molecular flexibility index (Phi) is 7.01. The number of methoxy groups -OCH3 is 1. The highest BCUT2D eigenvalue weighted by atomic mass is 32.1. The molecule has 0 amide bonds. The number of rotatable bonds is 9. The molecule has 0 aliphatic heterocycles. The highest BCUT2D eigenvalue weighted by Crippen LogP contribution is 2.29. The van der Waals surface area contributed by atoms with E-state index in [4.69, 9.17) is 21.4 Å². The number of halogens is 2. The van der Waals surface area contributed by atoms with E-state index in [0.29, 0.717) is 23.8 Å². The minimum absolute atomic E-state index is 0.00197. The standard InChI is InChI=1S/C20H22F2N4O3S/c1-13-4-6-15(28-13)7-9-18-23-20(30)26(24-18)12-25(2)11-14-5-8-16(29-19(21)22)17(10-14)27-3/h4-10,19H,11-12H2,1-3H3,(H,23,24,30). The van der Waals surface area contributed by atoms with Crippen LogP contribution in [0, 0.1) is 11.7 Å². The van der Waals surface area contributed by atoms with Crippen molar-refractivity contribution in [3.63, 3.8) is 0 Å². The van der Waals surface area contributed by atoms with Gasteiger partial charge in [0.05, 0.1) is 13.8 Å². The van der Waals surface area contributed by atoms with Crippen LogP contribution in [0.25, 0.3) is 12.2 Å². The summed E-state index contributed by atoms with van der Waals surface area (Å²) in [6, 6.07) is 8.60. The summed E-state index contributed by atoms with van der Waals surface area (Å²) in [7, 11) is 3.31. The third-order valence-electron chi connectivity index (χ3n) is 4.14. The first-order chi connectivity index (χ1) is 14.3. The van der Waals surface area contributed by atoms with Gasteiger partial charge >= 0.3 is 6.61 Å². The number of alkyl halides is 2. The number of nitrogens with zero attached hydrogens (tertiary/aromatic N) is 3. The minimum Gasteiger partial charge on any atom is -0.493 e. The van der Waals surface area contributed by atoms with Crippen LogP contribution in [-0.4, -0.2) is 40.4 Å². The molecule has 3 aromatic rings. The molecule has 0 aliphatic carbocycles. The second-order valence-electron chi connectivity index (χ2n) is 6.62. The van der Waals surface area contributed by atoms with Crippen molar-refractivity contribution in [2.45, 2.75) is 26.7 Å². The Bertz CT molecular complexity index is 1070. The zero-order chi connectivity index (χ0) is 21.7. The lowest BCUT2D eigenvalue weighted by Gasteiger charge is -2.18. The van der Waals surface area contributed by atoms with Crippen LogP contribution in [0.3, 0.4) is 0 Å². The van der Waals surface area contributed by atoms with Gasteiger partial charge < -0.3 is 13.9 Å². The lowest BCUT2D eigenvalue weighted by molar-refractivity contribution is -0.0512. The molecule has 0 unspecified atom stereocenters. The number of aryl methyl sites for hydroxylation is 1. The molecule has 2 aromatic heterocycles. The fourth-order valence-corrected chi connectivity index (χ4v) is 3.06. The fraction of sp³-hybridized carbons (Fsp3) is 0.300. The molecule has 1 N–H and O–H groups in total. The Morgan fingerprint density at radius 3 is 2.73 bits per heavy atom. The molecule has 7 nitrogen and oxygen atoms in total. The smallest absolute Gasteiger partial charge is 0.387 e. The number of hydrogen-bond donors (Lipinski definition) is 1. The van der Waals surface area contributed by atoms with Crippen LogP contribution in [0.1, 0.15) is 22.9 Å². The molecule has 30 heavy (non-hydrogen) atoms. The van der Waals surface area contributed by atoms with Crippen molar-refractivity contribution < 1.29 is 22.7 Å². The zero-order valence-electron chi connectivity index (χ0n) is 16.8. The van der Waals surface area contributed by atoms with Gasteiger partial charge in [0.1, 0.15) is 17.3 Å². The van der Waals surface area contributed by atoms with Crippen LogP contribution in [0.4, 0.5) is 8.78 Å². The molecule has 0 saturated carbocycles. The molecule has 0 aliphatic rings. The van der Waals surface area contributed by atoms with Gasteiger partial charge in [0.25, 0.3) is 0 Å². The van der Waals surface area contributed by atoms with Crippen LogP contribution in [0.2, 0.25) is 0 Å². The third kappa shape index (κ3) is 5.77. The maximum absolute atomic E-state index is 12.5. The van der Waals surface area contributed by atoms with E-state index in [-0.39, 0.29) is 11.5 Å². The van der Waals surface area contributed by atoms with E-state index < -0.39 is 6.61 Å². The van der Waals surface area contributed by atoms with Crippen molar-refractivity contribution >= 4 is 24.4 Å². The lowest BCUT2D eigenvalue weighted by Crippen LogP contribution is -2.22. The largest absolute Gasteiger partial charge is 0.493 e. The summed E-state index contributed by atoms with van der Waals surface area (Å²) < 4.78 is 42.2. The first-order valence-electron chi connectivity index (χ1n) is 9.05. The average molecular weight is 436 g/mol. The maximum atomic E-state index is 12.5. The second kappa shape index (κ2) is 9.68. The SMILES string of the molecule is COc1cc(CN(C)Cn2[nH]c(C=Cc3ccc(C)o3)nc2=S)ccc1OC(F)F. The second-order valence-corrected chi connectivity index (χ2v) is 6.99. The number of nitrogens with one attached hydrogen (secondary N) is 1. The third-order valence-corrected chi connectivity index (χ3v) is 4.45. The van der Waals surface area contributed by atoms with Crippen LogP contribution in [0.5, 0.6) is 11.5 Å². The molecular weight excluding hydrogens is 414 g/mol. The number of aromatic nitrogens is 3. The van der Waals surface area contributed by atoms with Crippen LogP contribution in [-0.2, 0) is 13.2 Å². The van der Waals surface area contributed by atoms with Crippen LogP contribution in [0.15, 0.2) is 34.7 Å². The van der Waals surface area contributed by atoms with Gasteiger partial charge in [-0.15, -0.1) is 0 Å². The van der Waals surface area contributed by atoms with Gasteiger partial charge in [-0.1, -0.05) is 6.07 Å². The number of aromatic amines is 1. The summed E-state index contributed by atoms with van der Waals surface area (Å²) in [6.45, 7) is -0.0421. The number of furan rings is 1. The quantitative estimate of drug-likeness (QED) is 0.490. The van der Waals surface area contributed by atoms with E-state index in [1.165, 1.54) is 13.2 Å². The average Bonchev–Trinajstić information content (AvgIpc) is 3.26. The molecule has 160 valence electrons. The Hall–Kier alpha value is -2.98. The van der Waals surface area contributed by atoms with Crippen molar-refractivity contribution in [1.82, 2.24) is 19.7 Å². The Balaban J connectivity index is 1.65. The van der Waals surface area contributed by atoms with Gasteiger partial charge in [-0.05, 0) is 68.2 Å². The van der Waals surface area contributed by atoms with E-state index in [0.717, 1.165) is 17.1 Å². The van der Waals surface area contributed by atoms with E-state index >= 15 is 0 Å². The van der Waals surface area contributed by atoms with Gasteiger partial charge in [0, 0.05) is 6.54 Å². The minimum atomic E-state index is -2.91. The first kappa shape index (κ1) is 21.7. The molecular formula is C20H22F2N4O3S. The molecule has 2 heterocycles. The van der Waals surface area contributed by atoms with Gasteiger partial charge in [0.15, 0.2) is 11.5 Å². The van der Waals surface area contributed by atoms with Gasteiger partial charge in [0.2, 0.25) is 4.77 Å². The summed E-state index contributed by atoms with van der Waals surface area (Å²) in [5, 5.41) is 3.13.